The summed E-state index contributed by atoms with van der Waals surface area (Å²) in [6.45, 7) is 9.57. The molecule has 5 nitrogen and oxygen atoms in total. The van der Waals surface area contributed by atoms with Gasteiger partial charge in [-0.2, -0.15) is 0 Å². The van der Waals surface area contributed by atoms with E-state index in [4.69, 9.17) is 14.5 Å². The van der Waals surface area contributed by atoms with E-state index < -0.39 is 0 Å². The number of ether oxygens (including phenoxy) is 2. The van der Waals surface area contributed by atoms with Crippen molar-refractivity contribution in [2.75, 3.05) is 40.0 Å². The van der Waals surface area contributed by atoms with Crippen LogP contribution in [-0.4, -0.2) is 50.8 Å². The summed E-state index contributed by atoms with van der Waals surface area (Å²) < 4.78 is 11.2. The lowest BCUT2D eigenvalue weighted by molar-refractivity contribution is 0.115. The molecule has 0 atom stereocenters. The van der Waals surface area contributed by atoms with Crippen LogP contribution in [0.15, 0.2) is 29.3 Å². The molecule has 0 aromatic heterocycles. The highest BCUT2D eigenvalue weighted by molar-refractivity contribution is 14.0. The highest BCUT2D eigenvalue weighted by Gasteiger charge is 2.21. The monoisotopic (exact) mass is 475 g/mol. The van der Waals surface area contributed by atoms with E-state index in [1.807, 2.05) is 6.92 Å². The van der Waals surface area contributed by atoms with Gasteiger partial charge in [0.25, 0.3) is 0 Å². The van der Waals surface area contributed by atoms with E-state index in [0.717, 1.165) is 44.8 Å². The average molecular weight is 475 g/mol. The van der Waals surface area contributed by atoms with Gasteiger partial charge in [-0.1, -0.05) is 24.3 Å². The maximum atomic E-state index is 5.73. The SMILES string of the molecule is CCNC(=NCc1ccc(COCC)cc1)N(C)CCOCC1CC1.I. The van der Waals surface area contributed by atoms with E-state index in [9.17, 15) is 0 Å². The summed E-state index contributed by atoms with van der Waals surface area (Å²) in [6.07, 6.45) is 2.67. The Morgan fingerprint density at radius 1 is 1.15 bits per heavy atom. The fraction of sp³-hybridized carbons (Fsp3) is 0.650. The number of halogens is 1. The lowest BCUT2D eigenvalue weighted by atomic mass is 10.1. The first-order chi connectivity index (χ1) is 12.2. The van der Waals surface area contributed by atoms with E-state index in [-0.39, 0.29) is 24.0 Å². The molecule has 1 N–H and O–H groups in total. The topological polar surface area (TPSA) is 46.1 Å². The van der Waals surface area contributed by atoms with Crippen LogP contribution in [0.2, 0.25) is 0 Å². The van der Waals surface area contributed by atoms with E-state index in [1.165, 1.54) is 24.0 Å². The third-order valence-electron chi connectivity index (χ3n) is 4.23. The number of rotatable bonds is 11. The summed E-state index contributed by atoms with van der Waals surface area (Å²) >= 11 is 0. The Hall–Kier alpha value is -0.860. The molecule has 1 saturated carbocycles. The predicted molar refractivity (Wildman–Crippen MR) is 118 cm³/mol. The molecular weight excluding hydrogens is 441 g/mol. The minimum Gasteiger partial charge on any atom is -0.379 e. The third kappa shape index (κ3) is 9.19. The Morgan fingerprint density at radius 3 is 2.46 bits per heavy atom. The van der Waals surface area contributed by atoms with Crippen molar-refractivity contribution in [2.45, 2.75) is 39.8 Å². The van der Waals surface area contributed by atoms with Gasteiger partial charge in [-0.15, -0.1) is 24.0 Å². The summed E-state index contributed by atoms with van der Waals surface area (Å²) in [7, 11) is 2.06. The van der Waals surface area contributed by atoms with E-state index in [1.54, 1.807) is 0 Å². The number of hydrogen-bond donors (Lipinski definition) is 1. The highest BCUT2D eigenvalue weighted by Crippen LogP contribution is 2.28. The van der Waals surface area contributed by atoms with Crippen molar-refractivity contribution < 1.29 is 9.47 Å². The van der Waals surface area contributed by atoms with Crippen LogP contribution in [0.5, 0.6) is 0 Å². The largest absolute Gasteiger partial charge is 0.379 e. The molecule has 0 spiro atoms. The smallest absolute Gasteiger partial charge is 0.194 e. The molecule has 0 aliphatic heterocycles. The van der Waals surface area contributed by atoms with Crippen LogP contribution in [-0.2, 0) is 22.6 Å². The zero-order chi connectivity index (χ0) is 17.9. The summed E-state index contributed by atoms with van der Waals surface area (Å²) in [5.74, 6) is 1.74. The molecule has 0 saturated heterocycles. The lowest BCUT2D eigenvalue weighted by Crippen LogP contribution is -2.40. The number of guanidine groups is 1. The molecule has 0 heterocycles. The van der Waals surface area contributed by atoms with Gasteiger partial charge in [0.15, 0.2) is 5.96 Å². The fourth-order valence-electron chi connectivity index (χ4n) is 2.44. The van der Waals surface area contributed by atoms with Crippen LogP contribution in [0, 0.1) is 5.92 Å². The van der Waals surface area contributed by atoms with E-state index in [0.29, 0.717) is 13.2 Å². The van der Waals surface area contributed by atoms with Gasteiger partial charge < -0.3 is 19.7 Å². The van der Waals surface area contributed by atoms with Gasteiger partial charge in [0.05, 0.1) is 19.8 Å². The zero-order valence-electron chi connectivity index (χ0n) is 16.4. The highest BCUT2D eigenvalue weighted by atomic mass is 127. The van der Waals surface area contributed by atoms with Crippen molar-refractivity contribution in [3.63, 3.8) is 0 Å². The molecule has 1 fully saturated rings. The number of hydrogen-bond acceptors (Lipinski definition) is 3. The maximum Gasteiger partial charge on any atom is 0.194 e. The van der Waals surface area contributed by atoms with Gasteiger partial charge in [0.1, 0.15) is 0 Å². The molecule has 1 aliphatic rings. The minimum atomic E-state index is 0. The summed E-state index contributed by atoms with van der Waals surface area (Å²) in [4.78, 5) is 6.89. The Bertz CT molecular complexity index is 518. The second kappa shape index (κ2) is 13.3. The molecule has 6 heteroatoms. The Morgan fingerprint density at radius 2 is 1.85 bits per heavy atom. The van der Waals surface area contributed by atoms with Gasteiger partial charge in [0.2, 0.25) is 0 Å². The lowest BCUT2D eigenvalue weighted by Gasteiger charge is -2.22. The Kier molecular flexibility index (Phi) is 11.9. The van der Waals surface area contributed by atoms with Crippen molar-refractivity contribution in [3.05, 3.63) is 35.4 Å². The molecule has 26 heavy (non-hydrogen) atoms. The Balaban J connectivity index is 0.00000338. The van der Waals surface area contributed by atoms with Crippen molar-refractivity contribution in [2.24, 2.45) is 10.9 Å². The van der Waals surface area contributed by atoms with Gasteiger partial charge in [-0.3, -0.25) is 0 Å². The first kappa shape index (κ1) is 23.2. The minimum absolute atomic E-state index is 0. The van der Waals surface area contributed by atoms with E-state index in [2.05, 4.69) is 48.5 Å². The summed E-state index contributed by atoms with van der Waals surface area (Å²) in [5, 5.41) is 3.35. The molecule has 0 unspecified atom stereocenters. The molecular formula is C20H34IN3O2. The summed E-state index contributed by atoms with van der Waals surface area (Å²) in [6, 6.07) is 8.48. The van der Waals surface area contributed by atoms with Crippen LogP contribution in [0.25, 0.3) is 0 Å². The van der Waals surface area contributed by atoms with Crippen molar-refractivity contribution in [3.8, 4) is 0 Å². The van der Waals surface area contributed by atoms with Gasteiger partial charge in [-0.05, 0) is 43.7 Å². The molecule has 2 rings (SSSR count). The summed E-state index contributed by atoms with van der Waals surface area (Å²) in [5.41, 5.74) is 2.40. The fourth-order valence-corrected chi connectivity index (χ4v) is 2.44. The number of benzene rings is 1. The van der Waals surface area contributed by atoms with Crippen LogP contribution in [0.4, 0.5) is 0 Å². The molecule has 0 radical (unpaired) electrons. The van der Waals surface area contributed by atoms with Gasteiger partial charge in [-0.25, -0.2) is 4.99 Å². The Labute approximate surface area is 175 Å². The van der Waals surface area contributed by atoms with Crippen LogP contribution in [0.1, 0.15) is 37.8 Å². The molecule has 1 aliphatic carbocycles. The number of nitrogens with zero attached hydrogens (tertiary/aromatic N) is 2. The maximum absolute atomic E-state index is 5.73. The zero-order valence-corrected chi connectivity index (χ0v) is 18.7. The van der Waals surface area contributed by atoms with Gasteiger partial charge >= 0.3 is 0 Å². The van der Waals surface area contributed by atoms with Crippen molar-refractivity contribution in [1.82, 2.24) is 10.2 Å². The molecule has 1 aromatic rings. The van der Waals surface area contributed by atoms with Gasteiger partial charge in [0, 0.05) is 33.4 Å². The predicted octanol–water partition coefficient (Wildman–Crippen LogP) is 3.67. The van der Waals surface area contributed by atoms with Crippen molar-refractivity contribution >= 4 is 29.9 Å². The number of likely N-dealkylation sites (N-methyl/N-ethyl adjacent to an activating group) is 1. The number of nitrogens with one attached hydrogen (secondary N) is 1. The molecule has 1 aromatic carbocycles. The van der Waals surface area contributed by atoms with E-state index >= 15 is 0 Å². The van der Waals surface area contributed by atoms with Crippen molar-refractivity contribution in [1.29, 1.82) is 0 Å². The molecule has 148 valence electrons. The second-order valence-corrected chi connectivity index (χ2v) is 6.56. The molecule has 0 amide bonds. The molecule has 0 bridgehead atoms. The van der Waals surface area contributed by atoms with Crippen LogP contribution in [0.3, 0.4) is 0 Å². The first-order valence-corrected chi connectivity index (χ1v) is 9.45. The number of aliphatic imine (C=N–C) groups is 1. The van der Waals surface area contributed by atoms with Crippen LogP contribution < -0.4 is 5.32 Å². The standard InChI is InChI=1S/C20H33N3O2.HI/c1-4-21-20(23(3)12-13-25-16-19-10-11-19)22-14-17-6-8-18(9-7-17)15-24-5-2;/h6-9,19H,4-5,10-16H2,1-3H3,(H,21,22);1H. The quantitative estimate of drug-likeness (QED) is 0.230. The average Bonchev–Trinajstić information content (AvgIpc) is 3.45. The third-order valence-corrected chi connectivity index (χ3v) is 4.23. The second-order valence-electron chi connectivity index (χ2n) is 6.56. The first-order valence-electron chi connectivity index (χ1n) is 9.45. The van der Waals surface area contributed by atoms with Crippen LogP contribution >= 0.6 is 24.0 Å². The normalized spacial score (nSPS) is 14.0.